The summed E-state index contributed by atoms with van der Waals surface area (Å²) in [7, 11) is 0. The molecular formula is C26H19F3N8O2. The van der Waals surface area contributed by atoms with Crippen LogP contribution in [-0.2, 0) is 11.0 Å². The molecule has 0 aliphatic carbocycles. The number of aryl methyl sites for hydroxylation is 1. The highest BCUT2D eigenvalue weighted by Gasteiger charge is 2.32. The van der Waals surface area contributed by atoms with Gasteiger partial charge in [-0.05, 0) is 48.9 Å². The molecular weight excluding hydrogens is 513 g/mol. The maximum atomic E-state index is 12.7. The molecule has 0 bridgehead atoms. The van der Waals surface area contributed by atoms with Crippen molar-refractivity contribution in [3.05, 3.63) is 78.5 Å². The van der Waals surface area contributed by atoms with Crippen molar-refractivity contribution in [2.75, 3.05) is 16.0 Å². The van der Waals surface area contributed by atoms with Crippen molar-refractivity contribution in [1.82, 2.24) is 19.9 Å². The highest BCUT2D eigenvalue weighted by Crippen LogP contribution is 2.29. The van der Waals surface area contributed by atoms with Gasteiger partial charge in [0.05, 0.1) is 41.7 Å². The molecule has 0 fully saturated rings. The predicted octanol–water partition coefficient (Wildman–Crippen LogP) is 5.42. The van der Waals surface area contributed by atoms with Gasteiger partial charge in [-0.1, -0.05) is 6.07 Å². The third-order valence-corrected chi connectivity index (χ3v) is 5.28. The van der Waals surface area contributed by atoms with E-state index in [1.54, 1.807) is 48.8 Å². The summed E-state index contributed by atoms with van der Waals surface area (Å²) >= 11 is 0. The minimum absolute atomic E-state index is 0.0898. The Morgan fingerprint density at radius 1 is 0.923 bits per heavy atom. The number of nitrogens with zero attached hydrogens (tertiary/aromatic N) is 5. The second-order valence-electron chi connectivity index (χ2n) is 8.14. The van der Waals surface area contributed by atoms with E-state index in [1.807, 2.05) is 6.92 Å². The molecule has 0 atom stereocenters. The molecule has 0 aliphatic rings. The van der Waals surface area contributed by atoms with Crippen LogP contribution in [0.25, 0.3) is 22.5 Å². The van der Waals surface area contributed by atoms with Crippen molar-refractivity contribution in [3.8, 4) is 28.6 Å². The Morgan fingerprint density at radius 3 is 2.38 bits per heavy atom. The first-order valence-corrected chi connectivity index (χ1v) is 11.3. The third kappa shape index (κ3) is 6.89. The van der Waals surface area contributed by atoms with E-state index in [2.05, 4.69) is 35.9 Å². The summed E-state index contributed by atoms with van der Waals surface area (Å²) in [5, 5.41) is 16.3. The second kappa shape index (κ2) is 11.3. The van der Waals surface area contributed by atoms with Gasteiger partial charge in [-0.25, -0.2) is 19.7 Å². The van der Waals surface area contributed by atoms with Crippen molar-refractivity contribution in [2.45, 2.75) is 19.5 Å². The van der Waals surface area contributed by atoms with Crippen LogP contribution >= 0.6 is 0 Å². The second-order valence-corrected chi connectivity index (χ2v) is 8.14. The van der Waals surface area contributed by atoms with Crippen LogP contribution in [0.2, 0.25) is 0 Å². The molecule has 10 nitrogen and oxygen atoms in total. The van der Waals surface area contributed by atoms with E-state index >= 15 is 0 Å². The molecule has 3 N–H and O–H groups in total. The summed E-state index contributed by atoms with van der Waals surface area (Å²) < 4.78 is 38.1. The van der Waals surface area contributed by atoms with Gasteiger partial charge in [-0.3, -0.25) is 9.78 Å². The number of anilines is 3. The Hall–Kier alpha value is -5.38. The standard InChI is InChI=1S/C26H19F3N8O2/c1-15-2-3-17(34-25(39)35-18-4-5-22(33-12-18)26(27,28)29)11-19(15)21-14-31-13-20(36-21)16-7-9-32-23(10-16)37-24(38)6-8-30/h2-5,7,9-14H,6H2,1H3,(H,32,37,38)(H2,34,35,39). The summed E-state index contributed by atoms with van der Waals surface area (Å²) in [5.41, 5.74) is 2.59. The van der Waals surface area contributed by atoms with Crippen molar-refractivity contribution in [1.29, 1.82) is 5.26 Å². The molecule has 196 valence electrons. The van der Waals surface area contributed by atoms with Gasteiger partial charge in [-0.2, -0.15) is 18.4 Å². The van der Waals surface area contributed by atoms with Crippen molar-refractivity contribution in [2.24, 2.45) is 0 Å². The molecule has 0 saturated carbocycles. The van der Waals surface area contributed by atoms with Crippen LogP contribution in [0, 0.1) is 18.3 Å². The maximum absolute atomic E-state index is 12.7. The zero-order valence-corrected chi connectivity index (χ0v) is 20.2. The first kappa shape index (κ1) is 26.7. The lowest BCUT2D eigenvalue weighted by atomic mass is 10.0. The lowest BCUT2D eigenvalue weighted by Gasteiger charge is -2.12. The number of nitriles is 1. The fraction of sp³-hybridized carbons (Fsp3) is 0.115. The molecule has 0 saturated heterocycles. The van der Waals surface area contributed by atoms with Crippen LogP contribution < -0.4 is 16.0 Å². The number of aromatic nitrogens is 4. The Morgan fingerprint density at radius 2 is 1.67 bits per heavy atom. The van der Waals surface area contributed by atoms with Crippen molar-refractivity contribution in [3.63, 3.8) is 0 Å². The number of rotatable bonds is 6. The van der Waals surface area contributed by atoms with Crippen molar-refractivity contribution >= 4 is 29.1 Å². The summed E-state index contributed by atoms with van der Waals surface area (Å²) in [6.07, 6.45) is 0.635. The van der Waals surface area contributed by atoms with Crippen LogP contribution in [0.4, 0.5) is 35.2 Å². The van der Waals surface area contributed by atoms with Crippen LogP contribution in [0.3, 0.4) is 0 Å². The highest BCUT2D eigenvalue weighted by atomic mass is 19.4. The summed E-state index contributed by atoms with van der Waals surface area (Å²) in [4.78, 5) is 40.5. The molecule has 3 amide bonds. The number of carbonyl (C=O) groups excluding carboxylic acids is 2. The molecule has 13 heteroatoms. The average Bonchev–Trinajstić information content (AvgIpc) is 2.90. The molecule has 39 heavy (non-hydrogen) atoms. The number of halogens is 3. The average molecular weight is 532 g/mol. The van der Waals surface area contributed by atoms with Gasteiger partial charge in [0.2, 0.25) is 5.91 Å². The van der Waals surface area contributed by atoms with E-state index in [4.69, 9.17) is 5.26 Å². The molecule has 0 aliphatic heterocycles. The van der Waals surface area contributed by atoms with Crippen molar-refractivity contribution < 1.29 is 22.8 Å². The number of hydrogen-bond donors (Lipinski definition) is 3. The Balaban J connectivity index is 1.51. The number of amides is 3. The molecule has 1 aromatic carbocycles. The fourth-order valence-electron chi connectivity index (χ4n) is 3.46. The Labute approximate surface area is 220 Å². The van der Waals surface area contributed by atoms with Gasteiger partial charge in [0.15, 0.2) is 0 Å². The van der Waals surface area contributed by atoms with Gasteiger partial charge in [0, 0.05) is 23.0 Å². The topological polar surface area (TPSA) is 146 Å². The number of urea groups is 1. The van der Waals surface area contributed by atoms with Gasteiger partial charge in [-0.15, -0.1) is 0 Å². The van der Waals surface area contributed by atoms with Crippen LogP contribution in [0.15, 0.2) is 67.3 Å². The Bertz CT molecular complexity index is 1570. The van der Waals surface area contributed by atoms with Gasteiger partial charge < -0.3 is 16.0 Å². The van der Waals surface area contributed by atoms with Crippen LogP contribution in [0.1, 0.15) is 17.7 Å². The summed E-state index contributed by atoms with van der Waals surface area (Å²) in [6.45, 7) is 1.86. The molecule has 0 spiro atoms. The van der Waals surface area contributed by atoms with Gasteiger partial charge >= 0.3 is 12.2 Å². The maximum Gasteiger partial charge on any atom is 0.433 e. The molecule has 3 aromatic heterocycles. The number of hydrogen-bond acceptors (Lipinski definition) is 7. The number of nitrogens with one attached hydrogen (secondary N) is 3. The molecule has 0 unspecified atom stereocenters. The zero-order valence-electron chi connectivity index (χ0n) is 20.2. The third-order valence-electron chi connectivity index (χ3n) is 5.28. The number of carbonyl (C=O) groups is 2. The van der Waals surface area contributed by atoms with E-state index in [9.17, 15) is 22.8 Å². The van der Waals surface area contributed by atoms with E-state index in [-0.39, 0.29) is 17.9 Å². The minimum atomic E-state index is -4.58. The summed E-state index contributed by atoms with van der Waals surface area (Å²) in [5.74, 6) is -0.225. The van der Waals surface area contributed by atoms with Crippen LogP contribution in [-0.4, -0.2) is 31.9 Å². The number of benzene rings is 1. The van der Waals surface area contributed by atoms with E-state index in [0.29, 0.717) is 28.2 Å². The first-order valence-electron chi connectivity index (χ1n) is 11.3. The number of alkyl halides is 3. The van der Waals surface area contributed by atoms with Gasteiger partial charge in [0.1, 0.15) is 17.9 Å². The molecule has 4 rings (SSSR count). The Kier molecular flexibility index (Phi) is 7.76. The van der Waals surface area contributed by atoms with Crippen LogP contribution in [0.5, 0.6) is 0 Å². The van der Waals surface area contributed by atoms with E-state index < -0.39 is 23.8 Å². The minimum Gasteiger partial charge on any atom is -0.310 e. The lowest BCUT2D eigenvalue weighted by Crippen LogP contribution is -2.20. The number of pyridine rings is 2. The lowest BCUT2D eigenvalue weighted by molar-refractivity contribution is -0.141. The predicted molar refractivity (Wildman–Crippen MR) is 136 cm³/mol. The fourth-order valence-corrected chi connectivity index (χ4v) is 3.46. The monoisotopic (exact) mass is 532 g/mol. The SMILES string of the molecule is Cc1ccc(NC(=O)Nc2ccc(C(F)(F)F)nc2)cc1-c1cncc(-c2ccnc(NC(=O)CC#N)c2)n1. The normalized spacial score (nSPS) is 10.8. The smallest absolute Gasteiger partial charge is 0.310 e. The molecule has 4 aromatic rings. The van der Waals surface area contributed by atoms with Gasteiger partial charge in [0.25, 0.3) is 0 Å². The highest BCUT2D eigenvalue weighted by molar-refractivity contribution is 6.00. The van der Waals surface area contributed by atoms with E-state index in [1.165, 1.54) is 6.20 Å². The molecule has 3 heterocycles. The largest absolute Gasteiger partial charge is 0.433 e. The first-order chi connectivity index (χ1) is 18.6. The molecule has 0 radical (unpaired) electrons. The zero-order chi connectivity index (χ0) is 28.0. The quantitative estimate of drug-likeness (QED) is 0.300. The summed E-state index contributed by atoms with van der Waals surface area (Å²) in [6, 6.07) is 11.4. The van der Waals surface area contributed by atoms with E-state index in [0.717, 1.165) is 23.9 Å².